The lowest BCUT2D eigenvalue weighted by molar-refractivity contribution is 0.487. The van der Waals surface area contributed by atoms with Gasteiger partial charge in [-0.1, -0.05) is 163 Å². The number of rotatable bonds is 8. The third kappa shape index (κ3) is 6.59. The van der Waals surface area contributed by atoms with Crippen molar-refractivity contribution in [3.05, 3.63) is 242 Å². The van der Waals surface area contributed by atoms with Crippen LogP contribution in [0.1, 0.15) is 5.56 Å². The molecule has 11 aromatic carbocycles. The summed E-state index contributed by atoms with van der Waals surface area (Å²) in [5.74, 6) is 1.27. The molecule has 0 amide bonds. The van der Waals surface area contributed by atoms with E-state index in [-0.39, 0.29) is 5.82 Å². The Morgan fingerprint density at radius 2 is 1.03 bits per heavy atom. The normalized spacial score (nSPS) is 11.5. The molecule has 0 N–H and O–H groups in total. The first-order valence-corrected chi connectivity index (χ1v) is 22.2. The van der Waals surface area contributed by atoms with Crippen molar-refractivity contribution in [2.45, 2.75) is 0 Å². The second-order valence-electron chi connectivity index (χ2n) is 16.8. The number of fused-ring (bicyclic) bond motifs is 6. The zero-order valence-electron chi connectivity index (χ0n) is 35.7. The van der Waals surface area contributed by atoms with Crippen LogP contribution in [-0.2, 0) is 0 Å². The van der Waals surface area contributed by atoms with Crippen molar-refractivity contribution in [2.24, 2.45) is 0 Å². The van der Waals surface area contributed by atoms with Crippen LogP contribution >= 0.6 is 0 Å². The van der Waals surface area contributed by atoms with Crippen LogP contribution in [0.25, 0.3) is 65.7 Å². The number of hydrogen-bond donors (Lipinski definition) is 0. The molecule has 0 radical (unpaired) electrons. The van der Waals surface area contributed by atoms with E-state index in [4.69, 9.17) is 4.74 Å². The quantitative estimate of drug-likeness (QED) is 0.113. The van der Waals surface area contributed by atoms with Gasteiger partial charge in [0.05, 0.1) is 11.6 Å². The van der Waals surface area contributed by atoms with Crippen LogP contribution in [0, 0.1) is 17.1 Å². The first-order valence-electron chi connectivity index (χ1n) is 22.2. The number of nitriles is 1. The number of ether oxygens (including phenoxy) is 1. The van der Waals surface area contributed by atoms with Gasteiger partial charge >= 0.3 is 0 Å². The summed E-state index contributed by atoms with van der Waals surface area (Å²) in [7, 11) is 0. The molecule has 0 aliphatic carbocycles. The van der Waals surface area contributed by atoms with E-state index < -0.39 is 6.71 Å². The van der Waals surface area contributed by atoms with E-state index in [0.717, 1.165) is 105 Å². The van der Waals surface area contributed by atoms with Gasteiger partial charge in [0, 0.05) is 34.1 Å². The summed E-state index contributed by atoms with van der Waals surface area (Å²) >= 11 is 0. The Kier molecular flexibility index (Phi) is 9.51. The highest BCUT2D eigenvalue weighted by Gasteiger charge is 2.32. The third-order valence-electron chi connectivity index (χ3n) is 13.0. The lowest BCUT2D eigenvalue weighted by atomic mass is 9.35. The summed E-state index contributed by atoms with van der Waals surface area (Å²) < 4.78 is 24.6. The molecule has 0 aromatic heterocycles. The topological polar surface area (TPSA) is 36.3 Å². The van der Waals surface area contributed by atoms with Gasteiger partial charge in [-0.05, 0) is 133 Å². The van der Waals surface area contributed by atoms with Crippen molar-refractivity contribution in [3.63, 3.8) is 0 Å². The maximum absolute atomic E-state index is 17.7. The molecular weight excluding hydrogens is 806 g/mol. The van der Waals surface area contributed by atoms with E-state index in [1.165, 1.54) is 0 Å². The van der Waals surface area contributed by atoms with Gasteiger partial charge in [-0.3, -0.25) is 0 Å². The van der Waals surface area contributed by atoms with E-state index in [2.05, 4.69) is 150 Å². The Hall–Kier alpha value is -8.72. The summed E-state index contributed by atoms with van der Waals surface area (Å²) in [6.07, 6.45) is 0. The molecule has 1 aliphatic heterocycles. The number of benzene rings is 11. The van der Waals surface area contributed by atoms with Crippen molar-refractivity contribution >= 4 is 72.5 Å². The van der Waals surface area contributed by atoms with E-state index in [0.29, 0.717) is 11.0 Å². The van der Waals surface area contributed by atoms with Crippen LogP contribution in [0.3, 0.4) is 0 Å². The molecule has 3 nitrogen and oxygen atoms in total. The minimum absolute atomic E-state index is 0.298. The molecule has 0 bridgehead atoms. The summed E-state index contributed by atoms with van der Waals surface area (Å²) in [5, 5.41) is 16.2. The second kappa shape index (κ2) is 16.1. The molecule has 1 heterocycles. The number of halogens is 1. The monoisotopic (exact) mass is 844 g/mol. The fourth-order valence-corrected chi connectivity index (χ4v) is 10.1. The van der Waals surface area contributed by atoms with Gasteiger partial charge in [-0.25, -0.2) is 4.39 Å². The van der Waals surface area contributed by atoms with Gasteiger partial charge in [0.25, 0.3) is 0 Å². The summed E-state index contributed by atoms with van der Waals surface area (Å²) in [5.41, 5.74) is 11.7. The zero-order valence-corrected chi connectivity index (χ0v) is 35.7. The summed E-state index contributed by atoms with van der Waals surface area (Å²) in [6.45, 7) is -0.551. The second-order valence-corrected chi connectivity index (χ2v) is 16.8. The highest BCUT2D eigenvalue weighted by Crippen LogP contribution is 2.51. The highest BCUT2D eigenvalue weighted by atomic mass is 19.1. The van der Waals surface area contributed by atoms with Crippen LogP contribution in [0.2, 0.25) is 0 Å². The third-order valence-corrected chi connectivity index (χ3v) is 13.0. The standard InChI is InChI=1S/C61H38BFN2O/c63-57-35-43(41-16-5-1-6-17-41)34-52(42-18-7-2-8-19-42)61(57)62(44-30-28-40(39-64)29-31-44)56-38-54-51-26-15-27-58-60(51)55(37-53(54)48-24-13-14-25-49(48)56)50-33-32-47(36-59(50)66-58)65(45-20-9-3-10-21-45)46-22-11-4-12-23-46/h1-38H. The Morgan fingerprint density at radius 1 is 0.424 bits per heavy atom. The molecule has 11 aromatic rings. The first kappa shape index (κ1) is 38.9. The van der Waals surface area contributed by atoms with Crippen LogP contribution < -0.4 is 26.0 Å². The number of anilines is 3. The Labute approximate surface area is 382 Å². The largest absolute Gasteiger partial charge is 0.456 e. The summed E-state index contributed by atoms with van der Waals surface area (Å²) in [4.78, 5) is 2.25. The molecule has 0 atom stereocenters. The zero-order chi connectivity index (χ0) is 44.1. The predicted molar refractivity (Wildman–Crippen MR) is 272 cm³/mol. The maximum Gasteiger partial charge on any atom is 0.246 e. The highest BCUT2D eigenvalue weighted by molar-refractivity contribution is 6.98. The van der Waals surface area contributed by atoms with Crippen LogP contribution in [0.15, 0.2) is 231 Å². The number of hydrogen-bond acceptors (Lipinski definition) is 3. The van der Waals surface area contributed by atoms with Gasteiger partial charge in [0.15, 0.2) is 0 Å². The molecule has 308 valence electrons. The minimum atomic E-state index is -0.551. The molecule has 0 saturated heterocycles. The number of nitrogens with zero attached hydrogens (tertiary/aromatic N) is 2. The molecule has 0 saturated carbocycles. The fourth-order valence-electron chi connectivity index (χ4n) is 10.1. The maximum atomic E-state index is 17.7. The van der Waals surface area contributed by atoms with Crippen LogP contribution in [0.5, 0.6) is 11.5 Å². The Morgan fingerprint density at radius 3 is 1.71 bits per heavy atom. The van der Waals surface area contributed by atoms with Crippen molar-refractivity contribution in [2.75, 3.05) is 4.90 Å². The molecule has 5 heteroatoms. The predicted octanol–water partition coefficient (Wildman–Crippen LogP) is 14.2. The molecule has 12 rings (SSSR count). The van der Waals surface area contributed by atoms with Crippen molar-refractivity contribution < 1.29 is 9.13 Å². The van der Waals surface area contributed by atoms with E-state index in [9.17, 15) is 5.26 Å². The SMILES string of the molecule is N#Cc1ccc(B(c2c(F)cc(-c3ccccc3)cc2-c2ccccc2)c2cc3c4cccc5c4c(cc3c3ccccc23)-c2ccc(N(c3ccccc3)c3ccccc3)cc2O5)cc1. The first-order chi connectivity index (χ1) is 32.6. The van der Waals surface area contributed by atoms with Gasteiger partial charge < -0.3 is 9.64 Å². The van der Waals surface area contributed by atoms with Gasteiger partial charge in [-0.2, -0.15) is 5.26 Å². The lowest BCUT2D eigenvalue weighted by Crippen LogP contribution is -2.54. The van der Waals surface area contributed by atoms with Gasteiger partial charge in [0.1, 0.15) is 17.3 Å². The Balaban J connectivity index is 1.10. The average Bonchev–Trinajstić information content (AvgIpc) is 3.38. The van der Waals surface area contributed by atoms with Crippen LogP contribution in [0.4, 0.5) is 21.5 Å². The van der Waals surface area contributed by atoms with Gasteiger partial charge in [0.2, 0.25) is 6.71 Å². The average molecular weight is 845 g/mol. The van der Waals surface area contributed by atoms with Crippen molar-refractivity contribution in [1.29, 1.82) is 5.26 Å². The van der Waals surface area contributed by atoms with Crippen molar-refractivity contribution in [1.82, 2.24) is 0 Å². The molecule has 0 unspecified atom stereocenters. The van der Waals surface area contributed by atoms with Gasteiger partial charge in [-0.15, -0.1) is 0 Å². The minimum Gasteiger partial charge on any atom is -0.456 e. The Bertz CT molecular complexity index is 3650. The van der Waals surface area contributed by atoms with E-state index in [1.807, 2.05) is 84.9 Å². The molecule has 0 fully saturated rings. The van der Waals surface area contributed by atoms with E-state index in [1.54, 1.807) is 6.07 Å². The fraction of sp³-hybridized carbons (Fsp3) is 0. The van der Waals surface area contributed by atoms with Crippen molar-refractivity contribution in [3.8, 4) is 50.9 Å². The molecular formula is C61H38BFN2O. The van der Waals surface area contributed by atoms with E-state index >= 15 is 4.39 Å². The number of para-hydroxylation sites is 2. The molecule has 1 aliphatic rings. The molecule has 0 spiro atoms. The summed E-state index contributed by atoms with van der Waals surface area (Å²) in [6, 6.07) is 80.5. The smallest absolute Gasteiger partial charge is 0.246 e. The lowest BCUT2D eigenvalue weighted by Gasteiger charge is -2.28. The molecule has 66 heavy (non-hydrogen) atoms. The van der Waals surface area contributed by atoms with Crippen LogP contribution in [-0.4, -0.2) is 6.71 Å².